The minimum absolute atomic E-state index is 0.0814. The van der Waals surface area contributed by atoms with Crippen LogP contribution in [0.15, 0.2) is 46.3 Å². The second-order valence-corrected chi connectivity index (χ2v) is 7.42. The Bertz CT molecular complexity index is 915. The molecule has 2 aromatic heterocycles. The summed E-state index contributed by atoms with van der Waals surface area (Å²) in [5.74, 6) is 0.123. The van der Waals surface area contributed by atoms with Crippen LogP contribution in [-0.2, 0) is 6.42 Å². The molecule has 1 N–H and O–H groups in total. The standard InChI is InChI=1S/C16H12N2O2S2/c19-13-11(21-9-4-2-1-3-5-9)7-6-10-12-15(20)17-8-18-16(12)22-14(10)13/h1-5,8,11H,6-7H2,(H,17,18,20). The van der Waals surface area contributed by atoms with Crippen LogP contribution in [0, 0.1) is 0 Å². The maximum Gasteiger partial charge on any atom is 0.259 e. The highest BCUT2D eigenvalue weighted by atomic mass is 32.2. The molecule has 22 heavy (non-hydrogen) atoms. The molecular weight excluding hydrogens is 316 g/mol. The van der Waals surface area contributed by atoms with Gasteiger partial charge in [-0.25, -0.2) is 4.98 Å². The van der Waals surface area contributed by atoms with E-state index in [2.05, 4.69) is 9.97 Å². The number of Topliss-reactive ketones (excluding diaryl/α,β-unsaturated/α-hetero) is 1. The van der Waals surface area contributed by atoms with E-state index in [0.717, 1.165) is 23.3 Å². The molecule has 1 atom stereocenters. The molecule has 110 valence electrons. The van der Waals surface area contributed by atoms with E-state index in [0.29, 0.717) is 15.1 Å². The summed E-state index contributed by atoms with van der Waals surface area (Å²) in [5.41, 5.74) is 0.730. The molecule has 1 aliphatic rings. The molecule has 0 saturated heterocycles. The van der Waals surface area contributed by atoms with Crippen molar-refractivity contribution in [1.29, 1.82) is 0 Å². The number of hydrogen-bond donors (Lipinski definition) is 1. The highest BCUT2D eigenvalue weighted by Gasteiger charge is 2.32. The van der Waals surface area contributed by atoms with E-state index < -0.39 is 0 Å². The summed E-state index contributed by atoms with van der Waals surface area (Å²) in [4.78, 5) is 34.0. The molecule has 4 nitrogen and oxygen atoms in total. The lowest BCUT2D eigenvalue weighted by Crippen LogP contribution is -2.24. The lowest BCUT2D eigenvalue weighted by atomic mass is 9.96. The Kier molecular flexibility index (Phi) is 3.35. The Labute approximate surface area is 134 Å². The fourth-order valence-corrected chi connectivity index (χ4v) is 5.13. The van der Waals surface area contributed by atoms with Crippen molar-refractivity contribution in [3.8, 4) is 0 Å². The maximum atomic E-state index is 12.8. The lowest BCUT2D eigenvalue weighted by Gasteiger charge is -2.20. The zero-order valence-electron chi connectivity index (χ0n) is 11.5. The summed E-state index contributed by atoms with van der Waals surface area (Å²) in [7, 11) is 0. The third-order valence-corrected chi connectivity index (χ3v) is 6.22. The molecule has 2 heterocycles. The summed E-state index contributed by atoms with van der Waals surface area (Å²) in [6.45, 7) is 0. The Hall–Kier alpha value is -1.92. The molecule has 0 aliphatic heterocycles. The summed E-state index contributed by atoms with van der Waals surface area (Å²) >= 11 is 2.94. The number of benzene rings is 1. The van der Waals surface area contributed by atoms with Crippen molar-refractivity contribution in [3.05, 3.63) is 57.5 Å². The first-order chi connectivity index (χ1) is 10.7. The van der Waals surface area contributed by atoms with Gasteiger partial charge in [-0.1, -0.05) is 18.2 Å². The third kappa shape index (κ3) is 2.19. The number of rotatable bonds is 2. The van der Waals surface area contributed by atoms with E-state index in [1.807, 2.05) is 30.3 Å². The summed E-state index contributed by atoms with van der Waals surface area (Å²) in [5, 5.41) is 0.515. The smallest absolute Gasteiger partial charge is 0.259 e. The Morgan fingerprint density at radius 3 is 2.86 bits per heavy atom. The van der Waals surface area contributed by atoms with Crippen molar-refractivity contribution in [3.63, 3.8) is 0 Å². The molecule has 4 rings (SSSR count). The van der Waals surface area contributed by atoms with Crippen LogP contribution in [-0.4, -0.2) is 21.0 Å². The zero-order chi connectivity index (χ0) is 15.1. The van der Waals surface area contributed by atoms with Gasteiger partial charge in [0, 0.05) is 4.90 Å². The number of thiophene rings is 1. The van der Waals surface area contributed by atoms with Gasteiger partial charge in [-0.15, -0.1) is 23.1 Å². The number of aryl methyl sites for hydroxylation is 1. The summed E-state index contributed by atoms with van der Waals surface area (Å²) in [6, 6.07) is 9.96. The fraction of sp³-hybridized carbons (Fsp3) is 0.188. The number of carbonyl (C=O) groups excluding carboxylic acids is 1. The zero-order valence-corrected chi connectivity index (χ0v) is 13.2. The molecule has 6 heteroatoms. The number of thioether (sulfide) groups is 1. The van der Waals surface area contributed by atoms with Gasteiger partial charge in [-0.05, 0) is 30.5 Å². The van der Waals surface area contributed by atoms with Crippen molar-refractivity contribution in [2.75, 3.05) is 0 Å². The Morgan fingerprint density at radius 1 is 1.23 bits per heavy atom. The number of aromatic nitrogens is 2. The van der Waals surface area contributed by atoms with Crippen LogP contribution < -0.4 is 5.56 Å². The maximum absolute atomic E-state index is 12.8. The van der Waals surface area contributed by atoms with Crippen LogP contribution in [0.4, 0.5) is 0 Å². The molecule has 3 aromatic rings. The molecule has 1 unspecified atom stereocenters. The second-order valence-electron chi connectivity index (χ2n) is 5.14. The van der Waals surface area contributed by atoms with Gasteiger partial charge in [0.15, 0.2) is 5.78 Å². The van der Waals surface area contributed by atoms with Crippen LogP contribution in [0.1, 0.15) is 21.7 Å². The normalized spacial score (nSPS) is 17.6. The number of fused-ring (bicyclic) bond motifs is 3. The van der Waals surface area contributed by atoms with Gasteiger partial charge < -0.3 is 4.98 Å². The number of H-pyrrole nitrogens is 1. The number of nitrogens with one attached hydrogen (secondary N) is 1. The molecular formula is C16H12N2O2S2. The van der Waals surface area contributed by atoms with Gasteiger partial charge >= 0.3 is 0 Å². The van der Waals surface area contributed by atoms with Gasteiger partial charge in [0.1, 0.15) is 4.83 Å². The average Bonchev–Trinajstić information content (AvgIpc) is 2.92. The van der Waals surface area contributed by atoms with E-state index in [-0.39, 0.29) is 16.6 Å². The summed E-state index contributed by atoms with van der Waals surface area (Å²) < 4.78 is 0. The average molecular weight is 328 g/mol. The molecule has 0 bridgehead atoms. The van der Waals surface area contributed by atoms with Crippen LogP contribution in [0.25, 0.3) is 10.2 Å². The predicted octanol–water partition coefficient (Wildman–Crippen LogP) is 3.27. The number of ketones is 1. The minimum atomic E-state index is -0.149. The number of aromatic amines is 1. The largest absolute Gasteiger partial charge is 0.313 e. The van der Waals surface area contributed by atoms with Crippen LogP contribution in [0.5, 0.6) is 0 Å². The number of carbonyl (C=O) groups is 1. The van der Waals surface area contributed by atoms with Gasteiger partial charge in [0.25, 0.3) is 5.56 Å². The summed E-state index contributed by atoms with van der Waals surface area (Å²) in [6.07, 6.45) is 2.90. The first-order valence-corrected chi connectivity index (χ1v) is 8.68. The first kappa shape index (κ1) is 13.7. The quantitative estimate of drug-likeness (QED) is 0.784. The van der Waals surface area contributed by atoms with Crippen molar-refractivity contribution >= 4 is 39.1 Å². The highest BCUT2D eigenvalue weighted by molar-refractivity contribution is 8.00. The Balaban J connectivity index is 1.73. The minimum Gasteiger partial charge on any atom is -0.313 e. The van der Waals surface area contributed by atoms with Crippen LogP contribution in [0.2, 0.25) is 0 Å². The van der Waals surface area contributed by atoms with Gasteiger partial charge in [0.2, 0.25) is 0 Å². The molecule has 0 spiro atoms. The Morgan fingerprint density at radius 2 is 2.05 bits per heavy atom. The molecule has 0 saturated carbocycles. The van der Waals surface area contributed by atoms with E-state index in [1.165, 1.54) is 17.7 Å². The van der Waals surface area contributed by atoms with Gasteiger partial charge in [-0.2, -0.15) is 0 Å². The van der Waals surface area contributed by atoms with Crippen molar-refractivity contribution in [2.45, 2.75) is 23.0 Å². The van der Waals surface area contributed by atoms with Crippen molar-refractivity contribution in [2.24, 2.45) is 0 Å². The van der Waals surface area contributed by atoms with Crippen molar-refractivity contribution in [1.82, 2.24) is 9.97 Å². The second kappa shape index (κ2) is 5.37. The van der Waals surface area contributed by atoms with Gasteiger partial charge in [0.05, 0.1) is 21.8 Å². The molecule has 0 amide bonds. The fourth-order valence-electron chi connectivity index (χ4n) is 2.76. The first-order valence-electron chi connectivity index (χ1n) is 6.99. The van der Waals surface area contributed by atoms with Crippen LogP contribution in [0.3, 0.4) is 0 Å². The molecule has 0 fully saturated rings. The van der Waals surface area contributed by atoms with E-state index in [1.54, 1.807) is 11.8 Å². The van der Waals surface area contributed by atoms with E-state index in [9.17, 15) is 9.59 Å². The van der Waals surface area contributed by atoms with Crippen molar-refractivity contribution < 1.29 is 4.79 Å². The molecule has 1 aliphatic carbocycles. The van der Waals surface area contributed by atoms with E-state index >= 15 is 0 Å². The topological polar surface area (TPSA) is 62.8 Å². The van der Waals surface area contributed by atoms with Gasteiger partial charge in [-0.3, -0.25) is 9.59 Å². The molecule has 1 aromatic carbocycles. The monoisotopic (exact) mass is 328 g/mol. The predicted molar refractivity (Wildman–Crippen MR) is 89.0 cm³/mol. The SMILES string of the molecule is O=C1c2sc3nc[nH]c(=O)c3c2CCC1Sc1ccccc1. The van der Waals surface area contributed by atoms with E-state index in [4.69, 9.17) is 0 Å². The molecule has 0 radical (unpaired) electrons. The number of hydrogen-bond acceptors (Lipinski definition) is 5. The number of nitrogens with zero attached hydrogens (tertiary/aromatic N) is 1. The third-order valence-electron chi connectivity index (χ3n) is 3.79. The lowest BCUT2D eigenvalue weighted by molar-refractivity contribution is 0.0984. The highest BCUT2D eigenvalue weighted by Crippen LogP contribution is 2.38. The van der Waals surface area contributed by atoms with Crippen LogP contribution >= 0.6 is 23.1 Å².